The number of amides is 6. The van der Waals surface area contributed by atoms with Crippen molar-refractivity contribution < 1.29 is 118 Å². The number of nitrogens with zero attached hydrogens (tertiary/aromatic N) is 8. The van der Waals surface area contributed by atoms with Crippen LogP contribution in [0.5, 0.6) is 5.75 Å². The van der Waals surface area contributed by atoms with E-state index in [1.54, 1.807) is 124 Å². The Hall–Kier alpha value is -10.9. The van der Waals surface area contributed by atoms with Gasteiger partial charge in [-0.25, -0.2) is 43.1 Å². The lowest BCUT2D eigenvalue weighted by atomic mass is 10.0. The molecule has 4 aliphatic heterocycles. The Balaban J connectivity index is 0.000000314. The molecule has 2 fully saturated rings. The molecule has 6 atom stereocenters. The van der Waals surface area contributed by atoms with Gasteiger partial charge in [0, 0.05) is 52.6 Å². The highest BCUT2D eigenvalue weighted by molar-refractivity contribution is 8.00. The number of carboxylic acid groups (broad SMARTS) is 2. The van der Waals surface area contributed by atoms with E-state index in [0.29, 0.717) is 45.0 Å². The number of thioether (sulfide) groups is 2. The molecule has 7 aromatic rings. The van der Waals surface area contributed by atoms with Gasteiger partial charge in [0.05, 0.1) is 24.5 Å². The number of carboxylic acids is 2. The van der Waals surface area contributed by atoms with E-state index >= 15 is 0 Å². The van der Waals surface area contributed by atoms with E-state index in [1.165, 1.54) is 49.4 Å². The third-order valence-electron chi connectivity index (χ3n) is 16.2. The standard InChI is InChI=1S/C52H54ClN7O12S2.C21H20ClN7O7S2.BrH/c1-30(46(63)69-41(32-15-11-9-12-16-32)33-17-13-10-14-18-33)72-58-38(37-42(53)74-48(56-37)57-50(66)71-52(5,6)7)43(61)55-39-44(62)60-40(47(64)68-28-31-19-21-36(67-8)22-20-31)34(29-73-45(39)60)27-59-25-23-35(24-26-59)54-49(65)70-51(2,3)4;1-8(19(32)33)36-27-12(11-15(22)38-21(24)26-11)16(30)25-13-17(31)29-14(20(34)35)9(7-37-18(13)29)6-28-4-2-10(23)3-5-28;/h9-26,30,39,41,45H,27-29H2,1-8H3,(H2,55,56,57,61,66);2-5,8,13,18,23H,6-7H2,1H3,(H5,24,25,26,30,32,33,34,35);1H/b58-38-;27-12-;/t30-,39?,45?;8-,13?,18?;/m00./s1. The molecule has 4 unspecified atom stereocenters. The van der Waals surface area contributed by atoms with Crippen molar-refractivity contribution in [3.63, 3.8) is 0 Å². The molecule has 9 N–H and O–H groups in total. The maximum Gasteiger partial charge on any atom is 0.413 e. The SMILES string of the molecule is COc1ccc(COC(=O)C2=C(C[n+]3ccc(NC(=O)OC(C)(C)C)cc3)CSC3C(NC(=O)/C(=N\O[C@@H](C)C(=O)OC(c4ccccc4)c4ccccc4)c4nc(NC(=O)OC(C)(C)C)sc4Cl)C(=O)N23)cc1.C[C@H](O/N=C(\C(=O)NC1C(=O)N2C(C(=O)[O-])=C(C[n+]3ccc(N)cc3)CSC12)c1nc(N)sc1Cl)C(=O)O.[Br-]. The van der Waals surface area contributed by atoms with Gasteiger partial charge in [0.2, 0.25) is 12.2 Å². The number of hydrogen-bond donors (Lipinski definition) is 7. The lowest BCUT2D eigenvalue weighted by Gasteiger charge is -2.50. The number of nitrogens with two attached hydrogens (primary N) is 2. The van der Waals surface area contributed by atoms with Crippen molar-refractivity contribution in [2.45, 2.75) is 127 Å². The number of pyridine rings is 2. The number of oxime groups is 2. The van der Waals surface area contributed by atoms with Crippen molar-refractivity contribution in [2.24, 2.45) is 10.3 Å². The minimum Gasteiger partial charge on any atom is -1.00 e. The third kappa shape index (κ3) is 22.1. The second-order valence-corrected chi connectivity index (χ2v) is 32.3. The summed E-state index contributed by atoms with van der Waals surface area (Å²) >= 11 is 17.0. The largest absolute Gasteiger partial charge is 1.00 e. The van der Waals surface area contributed by atoms with E-state index in [9.17, 15) is 53.1 Å². The summed E-state index contributed by atoms with van der Waals surface area (Å²) in [5.74, 6) is -6.64. The van der Waals surface area contributed by atoms with E-state index < -0.39 is 123 Å². The smallest absolute Gasteiger partial charge is 0.413 e. The minimum absolute atomic E-state index is 0. The van der Waals surface area contributed by atoms with Crippen LogP contribution >= 0.6 is 69.4 Å². The Bertz CT molecular complexity index is 4840. The summed E-state index contributed by atoms with van der Waals surface area (Å²) in [6, 6.07) is 29.4. The summed E-state index contributed by atoms with van der Waals surface area (Å²) < 4.78 is 31.1. The molecule has 0 spiro atoms. The predicted molar refractivity (Wildman–Crippen MR) is 411 cm³/mol. The first-order valence-electron chi connectivity index (χ1n) is 33.9. The number of nitrogens with one attached hydrogen (secondary N) is 4. The highest BCUT2D eigenvalue weighted by Crippen LogP contribution is 2.43. The molecular weight excluding hydrogens is 1660 g/mol. The van der Waals surface area contributed by atoms with Crippen molar-refractivity contribution in [1.29, 1.82) is 0 Å². The lowest BCUT2D eigenvalue weighted by molar-refractivity contribution is -0.689. The number of carbonyl (C=O) groups excluding carboxylic acids is 9. The molecule has 6 amide bonds. The maximum atomic E-state index is 14.5. The van der Waals surface area contributed by atoms with Crippen LogP contribution in [-0.2, 0) is 86.7 Å². The van der Waals surface area contributed by atoms with Crippen molar-refractivity contribution in [2.75, 3.05) is 40.7 Å². The van der Waals surface area contributed by atoms with Gasteiger partial charge in [-0.3, -0.25) is 39.6 Å². The molecule has 0 aliphatic carbocycles. The zero-order valence-corrected chi connectivity index (χ0v) is 67.9. The summed E-state index contributed by atoms with van der Waals surface area (Å²) in [6.45, 7) is 13.1. The molecule has 4 aromatic heterocycles. The first kappa shape index (κ1) is 86.1. The molecule has 113 heavy (non-hydrogen) atoms. The summed E-state index contributed by atoms with van der Waals surface area (Å²) in [4.78, 5) is 152. The number of nitrogen functional groups attached to an aromatic ring is 2. The average molecular weight is 1730 g/mol. The number of methoxy groups -OCH3 is 1. The van der Waals surface area contributed by atoms with Gasteiger partial charge in [-0.1, -0.05) is 129 Å². The number of carbonyl (C=O) groups is 10. The molecule has 0 saturated carbocycles. The fourth-order valence-corrected chi connectivity index (χ4v) is 15.5. The Kier molecular flexibility index (Phi) is 28.7. The van der Waals surface area contributed by atoms with Crippen LogP contribution in [-0.4, -0.2) is 161 Å². The molecule has 11 rings (SSSR count). The maximum absolute atomic E-state index is 14.5. The molecule has 0 bridgehead atoms. The highest BCUT2D eigenvalue weighted by atomic mass is 79.9. The van der Waals surface area contributed by atoms with Crippen LogP contribution in [0.2, 0.25) is 8.67 Å². The van der Waals surface area contributed by atoms with Gasteiger partial charge in [-0.15, -0.1) is 23.5 Å². The molecule has 0 radical (unpaired) electrons. The number of halogens is 3. The van der Waals surface area contributed by atoms with Crippen LogP contribution in [0, 0.1) is 0 Å². The second kappa shape index (κ2) is 37.6. The van der Waals surface area contributed by atoms with Gasteiger partial charge >= 0.3 is 30.1 Å². The Morgan fingerprint density at radius 1 is 0.655 bits per heavy atom. The minimum atomic E-state index is -1.53. The molecular formula is C73H75BrCl2N14O19S4. The number of β-lactam (4-membered cyclic amide) rings is 2. The number of aliphatic carboxylic acids is 2. The molecule has 596 valence electrons. The summed E-state index contributed by atoms with van der Waals surface area (Å²) in [7, 11) is 1.54. The third-order valence-corrected chi connectivity index (χ3v) is 21.1. The first-order valence-corrected chi connectivity index (χ1v) is 38.4. The predicted octanol–water partition coefficient (Wildman–Crippen LogP) is 3.88. The number of esters is 2. The number of hydrogen-bond acceptors (Lipinski definition) is 28. The lowest BCUT2D eigenvalue weighted by Crippen LogP contribution is -3.00. The highest BCUT2D eigenvalue weighted by Gasteiger charge is 2.56. The van der Waals surface area contributed by atoms with Crippen LogP contribution in [0.1, 0.15) is 89.6 Å². The number of fused-ring (bicyclic) bond motifs is 2. The number of benzene rings is 3. The number of aromatic nitrogens is 4. The molecule has 3 aromatic carbocycles. The molecule has 40 heteroatoms. The fourth-order valence-electron chi connectivity index (χ4n) is 10.9. The van der Waals surface area contributed by atoms with Gasteiger partial charge in [0.15, 0.2) is 65.7 Å². The zero-order valence-electron chi connectivity index (χ0n) is 61.6. The number of rotatable bonds is 26. The number of anilines is 4. The van der Waals surface area contributed by atoms with E-state index in [4.69, 9.17) is 73.1 Å². The topological polar surface area (TPSA) is 443 Å². The van der Waals surface area contributed by atoms with E-state index in [0.717, 1.165) is 27.6 Å². The van der Waals surface area contributed by atoms with Gasteiger partial charge in [0.25, 0.3) is 23.6 Å². The summed E-state index contributed by atoms with van der Waals surface area (Å²) in [5, 5.41) is 37.5. The Morgan fingerprint density at radius 3 is 1.60 bits per heavy atom. The van der Waals surface area contributed by atoms with Crippen molar-refractivity contribution >= 4 is 162 Å². The monoisotopic (exact) mass is 1730 g/mol. The van der Waals surface area contributed by atoms with Gasteiger partial charge in [-0.2, -0.15) is 0 Å². The Labute approximate surface area is 683 Å². The van der Waals surface area contributed by atoms with Crippen LogP contribution in [0.4, 0.5) is 31.2 Å². The second-order valence-electron chi connectivity index (χ2n) is 26.8. The zero-order chi connectivity index (χ0) is 81.0. The molecule has 4 aliphatic rings. The number of ether oxygens (including phenoxy) is 5. The molecule has 2 saturated heterocycles. The number of thiazole rings is 2. The van der Waals surface area contributed by atoms with Crippen molar-refractivity contribution in [3.05, 3.63) is 193 Å². The van der Waals surface area contributed by atoms with Crippen LogP contribution < -0.4 is 68.7 Å². The fraction of sp³-hybridized carbons (Fsp3) is 0.315. The Morgan fingerprint density at radius 2 is 1.12 bits per heavy atom. The quantitative estimate of drug-likeness (QED) is 0.0101. The van der Waals surface area contributed by atoms with Crippen molar-refractivity contribution in [1.82, 2.24) is 30.4 Å². The first-order chi connectivity index (χ1) is 53.1. The van der Waals surface area contributed by atoms with Crippen molar-refractivity contribution in [3.8, 4) is 5.75 Å². The normalized spacial score (nSPS) is 17.2. The van der Waals surface area contributed by atoms with E-state index in [-0.39, 0.29) is 89.9 Å². The van der Waals surface area contributed by atoms with Gasteiger partial charge < -0.3 is 87.4 Å². The average Bonchev–Trinajstić information content (AvgIpc) is 1.28. The van der Waals surface area contributed by atoms with Crippen LogP contribution in [0.25, 0.3) is 0 Å². The van der Waals surface area contributed by atoms with Crippen LogP contribution in [0.15, 0.2) is 167 Å². The van der Waals surface area contributed by atoms with Gasteiger partial charge in [0.1, 0.15) is 72.1 Å². The van der Waals surface area contributed by atoms with Gasteiger partial charge in [-0.05, 0) is 84.2 Å². The molecule has 33 nitrogen and oxygen atoms in total. The summed E-state index contributed by atoms with van der Waals surface area (Å²) in [5.41, 5.74) is 12.1. The summed E-state index contributed by atoms with van der Waals surface area (Å²) in [6.07, 6.45) is 1.66. The van der Waals surface area contributed by atoms with E-state index in [1.807, 2.05) is 60.7 Å². The molecule has 8 heterocycles. The van der Waals surface area contributed by atoms with Crippen LogP contribution in [0.3, 0.4) is 0 Å². The van der Waals surface area contributed by atoms with E-state index in [2.05, 4.69) is 41.5 Å².